The van der Waals surface area contributed by atoms with E-state index in [2.05, 4.69) is 0 Å². The molecule has 0 spiro atoms. The van der Waals surface area contributed by atoms with Crippen molar-refractivity contribution < 1.29 is 19.7 Å². The molecule has 0 fully saturated rings. The molecule has 0 aliphatic rings. The predicted molar refractivity (Wildman–Crippen MR) is 84.8 cm³/mol. The molecule has 0 aliphatic heterocycles. The van der Waals surface area contributed by atoms with Gasteiger partial charge in [-0.15, -0.1) is 5.75 Å². The molecule has 0 heterocycles. The Morgan fingerprint density at radius 3 is 2.13 bits per heavy atom. The number of aromatic carboxylic acids is 1. The van der Waals surface area contributed by atoms with E-state index >= 15 is 0 Å². The molecule has 3 aromatic rings. The molecule has 4 nitrogen and oxygen atoms in total. The van der Waals surface area contributed by atoms with E-state index in [1.165, 1.54) is 12.1 Å². The van der Waals surface area contributed by atoms with Gasteiger partial charge in [0, 0.05) is 5.56 Å². The SMILES string of the molecule is O=C(O)c1ccccc1-c1ccccc1Oc1ccc([O-])cc1. The van der Waals surface area contributed by atoms with Gasteiger partial charge in [-0.05, 0) is 29.8 Å². The Morgan fingerprint density at radius 1 is 0.826 bits per heavy atom. The van der Waals surface area contributed by atoms with Crippen LogP contribution in [0.1, 0.15) is 10.4 Å². The molecule has 0 saturated heterocycles. The van der Waals surface area contributed by atoms with Crippen LogP contribution in [0.25, 0.3) is 11.1 Å². The Hall–Kier alpha value is -3.27. The Morgan fingerprint density at radius 2 is 1.43 bits per heavy atom. The molecule has 114 valence electrons. The first-order valence-electron chi connectivity index (χ1n) is 7.02. The molecule has 0 radical (unpaired) electrons. The molecule has 1 N–H and O–H groups in total. The van der Waals surface area contributed by atoms with Crippen molar-refractivity contribution in [3.05, 3.63) is 78.4 Å². The number of para-hydroxylation sites is 1. The van der Waals surface area contributed by atoms with Crippen molar-refractivity contribution in [3.8, 4) is 28.4 Å². The van der Waals surface area contributed by atoms with E-state index in [1.54, 1.807) is 48.5 Å². The highest BCUT2D eigenvalue weighted by Gasteiger charge is 2.14. The molecule has 3 aromatic carbocycles. The summed E-state index contributed by atoms with van der Waals surface area (Å²) < 4.78 is 5.82. The lowest BCUT2D eigenvalue weighted by Crippen LogP contribution is -2.00. The second-order valence-electron chi connectivity index (χ2n) is 4.92. The van der Waals surface area contributed by atoms with E-state index in [4.69, 9.17) is 4.74 Å². The van der Waals surface area contributed by atoms with Gasteiger partial charge in [0.2, 0.25) is 0 Å². The van der Waals surface area contributed by atoms with Gasteiger partial charge in [-0.25, -0.2) is 4.79 Å². The van der Waals surface area contributed by atoms with Gasteiger partial charge >= 0.3 is 5.97 Å². The van der Waals surface area contributed by atoms with Crippen molar-refractivity contribution in [2.75, 3.05) is 0 Å². The molecule has 0 aliphatic carbocycles. The maximum absolute atomic E-state index is 11.4. The van der Waals surface area contributed by atoms with Crippen LogP contribution in [0.5, 0.6) is 17.2 Å². The highest BCUT2D eigenvalue weighted by Crippen LogP contribution is 2.35. The average Bonchev–Trinajstić information content (AvgIpc) is 2.57. The summed E-state index contributed by atoms with van der Waals surface area (Å²) in [7, 11) is 0. The smallest absolute Gasteiger partial charge is 0.336 e. The molecule has 3 rings (SSSR count). The van der Waals surface area contributed by atoms with E-state index in [0.29, 0.717) is 22.6 Å². The first-order chi connectivity index (χ1) is 11.1. The van der Waals surface area contributed by atoms with Crippen LogP contribution in [0, 0.1) is 0 Å². The number of rotatable bonds is 4. The van der Waals surface area contributed by atoms with E-state index in [9.17, 15) is 15.0 Å². The second-order valence-corrected chi connectivity index (χ2v) is 4.92. The average molecular weight is 305 g/mol. The summed E-state index contributed by atoms with van der Waals surface area (Å²) in [5.74, 6) is -0.0438. The van der Waals surface area contributed by atoms with Crippen LogP contribution in [-0.2, 0) is 0 Å². The highest BCUT2D eigenvalue weighted by molar-refractivity contribution is 5.96. The summed E-state index contributed by atoms with van der Waals surface area (Å²) in [6.07, 6.45) is 0. The molecule has 0 amide bonds. The van der Waals surface area contributed by atoms with Crippen molar-refractivity contribution >= 4 is 5.97 Å². The van der Waals surface area contributed by atoms with Gasteiger partial charge in [-0.3, -0.25) is 0 Å². The summed E-state index contributed by atoms with van der Waals surface area (Å²) in [5.41, 5.74) is 1.46. The quantitative estimate of drug-likeness (QED) is 0.793. The Bertz CT molecular complexity index is 838. The van der Waals surface area contributed by atoms with Gasteiger partial charge in [-0.1, -0.05) is 48.5 Å². The standard InChI is InChI=1S/C19H14O4/c20-13-9-11-14(12-10-13)23-18-8-4-3-6-16(18)15-5-1-2-7-17(15)19(21)22/h1-12,20H,(H,21,22)/p-1. The van der Waals surface area contributed by atoms with Crippen LogP contribution in [-0.4, -0.2) is 11.1 Å². The van der Waals surface area contributed by atoms with E-state index in [-0.39, 0.29) is 11.3 Å². The van der Waals surface area contributed by atoms with E-state index < -0.39 is 5.97 Å². The Balaban J connectivity index is 2.05. The summed E-state index contributed by atoms with van der Waals surface area (Å²) in [6, 6.07) is 20.0. The number of carboxylic acid groups (broad SMARTS) is 1. The van der Waals surface area contributed by atoms with Crippen molar-refractivity contribution in [2.45, 2.75) is 0 Å². The number of hydrogen-bond acceptors (Lipinski definition) is 3. The van der Waals surface area contributed by atoms with Gasteiger partial charge in [-0.2, -0.15) is 0 Å². The largest absolute Gasteiger partial charge is 0.872 e. The lowest BCUT2D eigenvalue weighted by molar-refractivity contribution is -0.268. The van der Waals surface area contributed by atoms with Gasteiger partial charge in [0.25, 0.3) is 0 Å². The predicted octanol–water partition coefficient (Wildman–Crippen LogP) is 3.92. The first-order valence-corrected chi connectivity index (χ1v) is 7.02. The van der Waals surface area contributed by atoms with E-state index in [0.717, 1.165) is 0 Å². The highest BCUT2D eigenvalue weighted by atomic mass is 16.5. The first kappa shape index (κ1) is 14.7. The van der Waals surface area contributed by atoms with Gasteiger partial charge in [0.1, 0.15) is 11.5 Å². The number of hydrogen-bond donors (Lipinski definition) is 1. The monoisotopic (exact) mass is 305 g/mol. The normalized spacial score (nSPS) is 10.3. The summed E-state index contributed by atoms with van der Waals surface area (Å²) in [4.78, 5) is 11.4. The molecule has 0 aromatic heterocycles. The summed E-state index contributed by atoms with van der Waals surface area (Å²) in [5, 5.41) is 20.5. The number of benzene rings is 3. The third kappa shape index (κ3) is 3.16. The van der Waals surface area contributed by atoms with Crippen LogP contribution >= 0.6 is 0 Å². The van der Waals surface area contributed by atoms with E-state index in [1.807, 2.05) is 12.1 Å². The fourth-order valence-corrected chi connectivity index (χ4v) is 2.32. The fourth-order valence-electron chi connectivity index (χ4n) is 2.32. The zero-order valence-corrected chi connectivity index (χ0v) is 12.1. The second kappa shape index (κ2) is 6.23. The van der Waals surface area contributed by atoms with Gasteiger partial charge in [0.15, 0.2) is 0 Å². The minimum Gasteiger partial charge on any atom is -0.872 e. The molecule has 23 heavy (non-hydrogen) atoms. The topological polar surface area (TPSA) is 69.6 Å². The third-order valence-corrected chi connectivity index (χ3v) is 3.39. The van der Waals surface area contributed by atoms with Crippen molar-refractivity contribution in [2.24, 2.45) is 0 Å². The van der Waals surface area contributed by atoms with Crippen molar-refractivity contribution in [3.63, 3.8) is 0 Å². The molecule has 0 unspecified atom stereocenters. The molecule has 0 bridgehead atoms. The fraction of sp³-hybridized carbons (Fsp3) is 0. The molecule has 0 atom stereocenters. The lowest BCUT2D eigenvalue weighted by Gasteiger charge is -2.14. The Kier molecular flexibility index (Phi) is 3.97. The molecule has 4 heteroatoms. The van der Waals surface area contributed by atoms with Crippen molar-refractivity contribution in [1.82, 2.24) is 0 Å². The summed E-state index contributed by atoms with van der Waals surface area (Å²) in [6.45, 7) is 0. The zero-order valence-electron chi connectivity index (χ0n) is 12.1. The minimum atomic E-state index is -0.994. The number of carboxylic acids is 1. The maximum Gasteiger partial charge on any atom is 0.336 e. The Labute approximate surface area is 133 Å². The van der Waals surface area contributed by atoms with Crippen LogP contribution < -0.4 is 9.84 Å². The van der Waals surface area contributed by atoms with Crippen LogP contribution in [0.4, 0.5) is 0 Å². The number of carbonyl (C=O) groups is 1. The lowest BCUT2D eigenvalue weighted by atomic mass is 9.99. The van der Waals surface area contributed by atoms with Crippen LogP contribution in [0.15, 0.2) is 72.8 Å². The minimum absolute atomic E-state index is 0.0955. The number of ether oxygens (including phenoxy) is 1. The molecule has 0 saturated carbocycles. The zero-order chi connectivity index (χ0) is 16.2. The van der Waals surface area contributed by atoms with Crippen LogP contribution in [0.2, 0.25) is 0 Å². The van der Waals surface area contributed by atoms with Crippen LogP contribution in [0.3, 0.4) is 0 Å². The third-order valence-electron chi connectivity index (χ3n) is 3.39. The maximum atomic E-state index is 11.4. The molecular formula is C19H13O4-. The molecular weight excluding hydrogens is 292 g/mol. The van der Waals surface area contributed by atoms with Gasteiger partial charge < -0.3 is 14.9 Å². The van der Waals surface area contributed by atoms with Crippen molar-refractivity contribution in [1.29, 1.82) is 0 Å². The summed E-state index contributed by atoms with van der Waals surface area (Å²) >= 11 is 0. The van der Waals surface area contributed by atoms with Gasteiger partial charge in [0.05, 0.1) is 5.56 Å².